The highest BCUT2D eigenvalue weighted by atomic mass is 16.6. The Labute approximate surface area is 235 Å². The number of amides is 1. The van der Waals surface area contributed by atoms with E-state index in [1.165, 1.54) is 19.3 Å². The lowest BCUT2D eigenvalue weighted by molar-refractivity contribution is -0.181. The zero-order valence-corrected chi connectivity index (χ0v) is 24.7. The van der Waals surface area contributed by atoms with E-state index in [2.05, 4.69) is 33.0 Å². The van der Waals surface area contributed by atoms with Crippen LogP contribution in [0.3, 0.4) is 0 Å². The van der Waals surface area contributed by atoms with E-state index in [1.54, 1.807) is 0 Å². The molecule has 4 aliphatic carbocycles. The Morgan fingerprint density at radius 3 is 2.54 bits per heavy atom. The number of piperidine rings is 1. The van der Waals surface area contributed by atoms with E-state index in [0.717, 1.165) is 45.1 Å². The molecule has 0 aromatic carbocycles. The number of ether oxygens (including phenoxy) is 3. The lowest BCUT2D eigenvalue weighted by Crippen LogP contribution is -2.62. The van der Waals surface area contributed by atoms with Gasteiger partial charge < -0.3 is 24.2 Å². The average molecular weight is 545 g/mol. The van der Waals surface area contributed by atoms with Gasteiger partial charge in [0.15, 0.2) is 0 Å². The Morgan fingerprint density at radius 1 is 1.00 bits per heavy atom. The van der Waals surface area contributed by atoms with E-state index in [-0.39, 0.29) is 41.0 Å². The van der Waals surface area contributed by atoms with Gasteiger partial charge in [0.05, 0.1) is 25.4 Å². The van der Waals surface area contributed by atoms with Gasteiger partial charge in [-0.15, -0.1) is 0 Å². The summed E-state index contributed by atoms with van der Waals surface area (Å²) in [5.41, 5.74) is -0.0903. The van der Waals surface area contributed by atoms with Gasteiger partial charge in [-0.3, -0.25) is 5.32 Å². The van der Waals surface area contributed by atoms with Gasteiger partial charge in [0, 0.05) is 36.9 Å². The Balaban J connectivity index is 1.22. The smallest absolute Gasteiger partial charge is 0.410 e. The quantitative estimate of drug-likeness (QED) is 0.493. The number of nitrogens with zero attached hydrogens (tertiary/aromatic N) is 1. The van der Waals surface area contributed by atoms with Crippen LogP contribution in [0.2, 0.25) is 0 Å². The van der Waals surface area contributed by atoms with Crippen LogP contribution in [0.5, 0.6) is 0 Å². The van der Waals surface area contributed by atoms with Gasteiger partial charge in [-0.25, -0.2) is 4.79 Å². The summed E-state index contributed by atoms with van der Waals surface area (Å²) in [6, 6.07) is 0. The van der Waals surface area contributed by atoms with Crippen LogP contribution in [0.1, 0.15) is 85.5 Å². The van der Waals surface area contributed by atoms with Crippen molar-refractivity contribution in [1.82, 2.24) is 10.2 Å². The molecule has 7 aliphatic rings. The van der Waals surface area contributed by atoms with Crippen molar-refractivity contribution in [3.05, 3.63) is 0 Å². The number of carbonyl (C=O) groups excluding carboxylic acids is 1. The summed E-state index contributed by atoms with van der Waals surface area (Å²) in [7, 11) is 0. The summed E-state index contributed by atoms with van der Waals surface area (Å²) in [5.74, 6) is 3.77. The van der Waals surface area contributed by atoms with Gasteiger partial charge in [0.25, 0.3) is 0 Å². The molecular weight excluding hydrogens is 492 g/mol. The summed E-state index contributed by atoms with van der Waals surface area (Å²) in [6.07, 6.45) is 9.62. The molecule has 0 aromatic rings. The maximum atomic E-state index is 13.6. The van der Waals surface area contributed by atoms with Crippen LogP contribution in [0, 0.1) is 52.3 Å². The van der Waals surface area contributed by atoms with E-state index in [9.17, 15) is 9.90 Å². The minimum atomic E-state index is -0.228. The van der Waals surface area contributed by atoms with Gasteiger partial charge >= 0.3 is 6.09 Å². The average Bonchev–Trinajstić information content (AvgIpc) is 3.38. The number of hydrogen-bond acceptors (Lipinski definition) is 6. The van der Waals surface area contributed by atoms with E-state index >= 15 is 0 Å². The van der Waals surface area contributed by atoms with Crippen molar-refractivity contribution >= 4 is 6.09 Å². The maximum absolute atomic E-state index is 13.6. The highest BCUT2D eigenvalue weighted by molar-refractivity contribution is 5.68. The maximum Gasteiger partial charge on any atom is 0.410 e. The van der Waals surface area contributed by atoms with Crippen LogP contribution in [-0.4, -0.2) is 73.0 Å². The molecule has 5 unspecified atom stereocenters. The number of rotatable bonds is 1. The van der Waals surface area contributed by atoms with Crippen LogP contribution in [0.25, 0.3) is 0 Å². The fourth-order valence-corrected chi connectivity index (χ4v) is 11.5. The monoisotopic (exact) mass is 544 g/mol. The molecule has 3 saturated heterocycles. The highest BCUT2D eigenvalue weighted by Crippen LogP contribution is 2.71. The zero-order chi connectivity index (χ0) is 27.2. The third kappa shape index (κ3) is 3.99. The Morgan fingerprint density at radius 2 is 1.79 bits per heavy atom. The molecule has 0 aromatic heterocycles. The van der Waals surface area contributed by atoms with Crippen LogP contribution in [-0.2, 0) is 14.2 Å². The van der Waals surface area contributed by atoms with Gasteiger partial charge in [0.1, 0.15) is 11.8 Å². The minimum absolute atomic E-state index is 0.0845. The van der Waals surface area contributed by atoms with E-state index in [4.69, 9.17) is 14.2 Å². The number of morpholine rings is 1. The second kappa shape index (κ2) is 9.57. The first-order valence-electron chi connectivity index (χ1n) is 16.3. The van der Waals surface area contributed by atoms with Crippen LogP contribution >= 0.6 is 0 Å². The third-order valence-corrected chi connectivity index (χ3v) is 13.7. The second-order valence-corrected chi connectivity index (χ2v) is 15.3. The van der Waals surface area contributed by atoms with Gasteiger partial charge in [-0.05, 0) is 92.8 Å². The molecule has 4 saturated carbocycles. The van der Waals surface area contributed by atoms with Crippen molar-refractivity contribution in [3.63, 3.8) is 0 Å². The van der Waals surface area contributed by atoms with Crippen LogP contribution in [0.15, 0.2) is 0 Å². The first-order chi connectivity index (χ1) is 18.7. The van der Waals surface area contributed by atoms with Crippen molar-refractivity contribution < 1.29 is 24.1 Å². The lowest BCUT2D eigenvalue weighted by atomic mass is 9.43. The number of aliphatic hydroxyl groups is 1. The van der Waals surface area contributed by atoms with E-state index in [0.29, 0.717) is 67.7 Å². The Hall–Kier alpha value is -0.890. The molecule has 7 rings (SSSR count). The SMILES string of the molecule is CC1CC[C@@]2(NC1)O[C@H]1CC3C4CC[C@H]5C[C@@H](O)CC[C@]5(C)C4C[C@@H](OC(=O)N4CCOCC4)[C@]3(C)C1[C@@H]2C. The fourth-order valence-electron chi connectivity index (χ4n) is 11.5. The van der Waals surface area contributed by atoms with Gasteiger partial charge in [-0.1, -0.05) is 27.7 Å². The van der Waals surface area contributed by atoms with Crippen LogP contribution < -0.4 is 5.32 Å². The standard InChI is InChI=1S/C32H52N2O5/c1-19-7-10-32(33-18-19)20(2)28-26(39-32)16-25-23-6-5-21-15-22(35)8-9-30(21,3)24(23)17-27(31(25,28)4)38-29(36)34-11-13-37-14-12-34/h19-28,33,35H,5-18H2,1-4H3/t19?,20-,21-,22-,23?,24?,25?,26-,27+,28?,30-,31+,32+/m0/s1. The van der Waals surface area contributed by atoms with Crippen molar-refractivity contribution in [2.24, 2.45) is 52.3 Å². The predicted octanol–water partition coefficient (Wildman–Crippen LogP) is 4.81. The minimum Gasteiger partial charge on any atom is -0.445 e. The van der Waals surface area contributed by atoms with Gasteiger partial charge in [0.2, 0.25) is 0 Å². The molecule has 7 nitrogen and oxygen atoms in total. The zero-order valence-electron chi connectivity index (χ0n) is 24.7. The number of aliphatic hydroxyl groups excluding tert-OH is 1. The molecule has 220 valence electrons. The molecule has 39 heavy (non-hydrogen) atoms. The molecule has 0 radical (unpaired) electrons. The largest absolute Gasteiger partial charge is 0.445 e. The molecule has 7 heteroatoms. The van der Waals surface area contributed by atoms with Crippen molar-refractivity contribution in [2.75, 3.05) is 32.8 Å². The van der Waals surface area contributed by atoms with Gasteiger partial charge in [-0.2, -0.15) is 0 Å². The van der Waals surface area contributed by atoms with Crippen molar-refractivity contribution in [2.45, 2.75) is 110 Å². The fraction of sp³-hybridized carbons (Fsp3) is 0.969. The summed E-state index contributed by atoms with van der Waals surface area (Å²) in [4.78, 5) is 15.5. The molecule has 0 bridgehead atoms. The number of nitrogens with one attached hydrogen (secondary N) is 1. The molecule has 13 atom stereocenters. The van der Waals surface area contributed by atoms with E-state index in [1.807, 2.05) is 4.90 Å². The summed E-state index contributed by atoms with van der Waals surface area (Å²) < 4.78 is 19.3. The Kier molecular flexibility index (Phi) is 6.62. The highest BCUT2D eigenvalue weighted by Gasteiger charge is 2.72. The normalized spacial score (nSPS) is 54.9. The number of carbonyl (C=O) groups is 1. The first kappa shape index (κ1) is 27.0. The lowest BCUT2D eigenvalue weighted by Gasteiger charge is -2.62. The molecule has 7 fully saturated rings. The first-order valence-corrected chi connectivity index (χ1v) is 16.3. The van der Waals surface area contributed by atoms with E-state index < -0.39 is 0 Å². The summed E-state index contributed by atoms with van der Waals surface area (Å²) in [5, 5.41) is 14.4. The predicted molar refractivity (Wildman–Crippen MR) is 148 cm³/mol. The molecule has 1 amide bonds. The third-order valence-electron chi connectivity index (χ3n) is 13.7. The topological polar surface area (TPSA) is 80.3 Å². The molecular formula is C32H52N2O5. The van der Waals surface area contributed by atoms with Crippen molar-refractivity contribution in [3.8, 4) is 0 Å². The van der Waals surface area contributed by atoms with Crippen LogP contribution in [0.4, 0.5) is 4.79 Å². The molecule has 3 heterocycles. The van der Waals surface area contributed by atoms with Crippen molar-refractivity contribution in [1.29, 1.82) is 0 Å². The molecule has 2 N–H and O–H groups in total. The number of fused-ring (bicyclic) bond motifs is 7. The summed E-state index contributed by atoms with van der Waals surface area (Å²) in [6.45, 7) is 13.2. The summed E-state index contributed by atoms with van der Waals surface area (Å²) >= 11 is 0. The molecule has 3 aliphatic heterocycles. The Bertz CT molecular complexity index is 947. The number of hydrogen-bond donors (Lipinski definition) is 2. The molecule has 1 spiro atoms. The second-order valence-electron chi connectivity index (χ2n) is 15.3.